The molecule has 1 spiro atoms. The highest BCUT2D eigenvalue weighted by Gasteiger charge is 2.59. The molecule has 3 aliphatic carbocycles. The van der Waals surface area contributed by atoms with Crippen molar-refractivity contribution in [3.8, 4) is 0 Å². The van der Waals surface area contributed by atoms with Crippen LogP contribution in [0.1, 0.15) is 79.1 Å². The Morgan fingerprint density at radius 2 is 1.84 bits per heavy atom. The van der Waals surface area contributed by atoms with Gasteiger partial charge < -0.3 is 20.1 Å². The molecular formula is C27H42O4. The lowest BCUT2D eigenvalue weighted by Gasteiger charge is -2.44. The first kappa shape index (κ1) is 23.2. The van der Waals surface area contributed by atoms with Crippen LogP contribution >= 0.6 is 0 Å². The van der Waals surface area contributed by atoms with Gasteiger partial charge in [0.1, 0.15) is 5.60 Å². The van der Waals surface area contributed by atoms with Crippen molar-refractivity contribution in [1.82, 2.24) is 0 Å². The molecule has 1 aliphatic heterocycles. The van der Waals surface area contributed by atoms with Crippen LogP contribution in [0, 0.1) is 23.2 Å². The Hall–Kier alpha value is -0.940. The Morgan fingerprint density at radius 3 is 2.45 bits per heavy atom. The molecule has 0 aromatic heterocycles. The summed E-state index contributed by atoms with van der Waals surface area (Å²) in [6.45, 7) is 9.05. The zero-order chi connectivity index (χ0) is 22.4. The standard InChI is InChI=1S/C27H42O4/c1-18(7-5-13-25(2,3)30)21-11-12-22-20(8-6-14-26(21,22)4)10-9-19-15-23(28)27(17-31-27)24(29)16-19/h5,7,9-10,18,21-24,28-30H,6,8,11-17H2,1-4H3/b7-5+,19-9?,20-10-/t18-,21-,22+,23-,24-,26-,27?/m1/s1. The topological polar surface area (TPSA) is 73.2 Å². The third kappa shape index (κ3) is 4.59. The third-order valence-electron chi connectivity index (χ3n) is 8.78. The molecule has 3 N–H and O–H groups in total. The molecule has 1 saturated heterocycles. The van der Waals surface area contributed by atoms with Crippen molar-refractivity contribution in [2.24, 2.45) is 23.2 Å². The van der Waals surface area contributed by atoms with Crippen LogP contribution in [0.4, 0.5) is 0 Å². The molecule has 4 aliphatic rings. The van der Waals surface area contributed by atoms with Crippen molar-refractivity contribution < 1.29 is 20.1 Å². The lowest BCUT2D eigenvalue weighted by atomic mass is 9.61. The van der Waals surface area contributed by atoms with Gasteiger partial charge in [-0.1, -0.05) is 49.3 Å². The maximum atomic E-state index is 10.4. The smallest absolute Gasteiger partial charge is 0.144 e. The zero-order valence-electron chi connectivity index (χ0n) is 19.8. The minimum atomic E-state index is -0.679. The van der Waals surface area contributed by atoms with E-state index in [1.54, 1.807) is 5.57 Å². The molecule has 0 bridgehead atoms. The van der Waals surface area contributed by atoms with Crippen molar-refractivity contribution in [2.75, 3.05) is 6.61 Å². The van der Waals surface area contributed by atoms with Gasteiger partial charge in [0.05, 0.1) is 24.4 Å². The van der Waals surface area contributed by atoms with Crippen LogP contribution in [-0.4, -0.2) is 45.3 Å². The van der Waals surface area contributed by atoms with Crippen molar-refractivity contribution in [3.63, 3.8) is 0 Å². The second-order valence-corrected chi connectivity index (χ2v) is 11.6. The first-order chi connectivity index (χ1) is 14.6. The summed E-state index contributed by atoms with van der Waals surface area (Å²) in [4.78, 5) is 0. The van der Waals surface area contributed by atoms with Gasteiger partial charge in [-0.15, -0.1) is 0 Å². The molecule has 4 rings (SSSR count). The van der Waals surface area contributed by atoms with E-state index in [9.17, 15) is 15.3 Å². The Bertz CT molecular complexity index is 738. The molecule has 0 unspecified atom stereocenters. The molecule has 0 radical (unpaired) electrons. The number of rotatable bonds is 5. The lowest BCUT2D eigenvalue weighted by Crippen LogP contribution is -2.45. The van der Waals surface area contributed by atoms with Crippen LogP contribution in [0.2, 0.25) is 0 Å². The van der Waals surface area contributed by atoms with Gasteiger partial charge in [0.2, 0.25) is 0 Å². The maximum absolute atomic E-state index is 10.4. The minimum Gasteiger partial charge on any atom is -0.390 e. The van der Waals surface area contributed by atoms with E-state index in [0.717, 1.165) is 12.0 Å². The number of aliphatic hydroxyl groups is 3. The molecule has 0 amide bonds. The monoisotopic (exact) mass is 430 g/mol. The van der Waals surface area contributed by atoms with Gasteiger partial charge in [-0.3, -0.25) is 0 Å². The summed E-state index contributed by atoms with van der Waals surface area (Å²) in [6, 6.07) is 0. The summed E-state index contributed by atoms with van der Waals surface area (Å²) >= 11 is 0. The molecule has 1 heterocycles. The lowest BCUT2D eigenvalue weighted by molar-refractivity contribution is -0.0292. The highest BCUT2D eigenvalue weighted by Crippen LogP contribution is 2.59. The number of fused-ring (bicyclic) bond motifs is 1. The third-order valence-corrected chi connectivity index (χ3v) is 8.78. The van der Waals surface area contributed by atoms with Gasteiger partial charge in [-0.2, -0.15) is 0 Å². The van der Waals surface area contributed by atoms with Crippen molar-refractivity contribution in [2.45, 2.75) is 102 Å². The predicted molar refractivity (Wildman–Crippen MR) is 123 cm³/mol. The van der Waals surface area contributed by atoms with Crippen LogP contribution in [0.25, 0.3) is 0 Å². The largest absolute Gasteiger partial charge is 0.390 e. The van der Waals surface area contributed by atoms with Crippen LogP contribution in [0.5, 0.6) is 0 Å². The minimum absolute atomic E-state index is 0.332. The van der Waals surface area contributed by atoms with Crippen LogP contribution in [0.3, 0.4) is 0 Å². The molecule has 0 aromatic rings. The number of aliphatic hydroxyl groups excluding tert-OH is 2. The van der Waals surface area contributed by atoms with E-state index in [1.807, 2.05) is 13.8 Å². The van der Waals surface area contributed by atoms with Gasteiger partial charge in [0.25, 0.3) is 0 Å². The summed E-state index contributed by atoms with van der Waals surface area (Å²) in [6.07, 6.45) is 15.9. The molecule has 174 valence electrons. The Labute approximate surface area is 188 Å². The molecule has 4 heteroatoms. The molecule has 4 nitrogen and oxygen atoms in total. The number of hydrogen-bond acceptors (Lipinski definition) is 4. The average molecular weight is 431 g/mol. The van der Waals surface area contributed by atoms with Crippen molar-refractivity contribution in [3.05, 3.63) is 35.5 Å². The van der Waals surface area contributed by atoms with E-state index in [1.165, 1.54) is 25.7 Å². The number of epoxide rings is 1. The fourth-order valence-corrected chi connectivity index (χ4v) is 6.83. The summed E-state index contributed by atoms with van der Waals surface area (Å²) in [7, 11) is 0. The number of ether oxygens (including phenoxy) is 1. The molecule has 0 aromatic carbocycles. The number of allylic oxidation sites excluding steroid dienone is 4. The fourth-order valence-electron chi connectivity index (χ4n) is 6.83. The maximum Gasteiger partial charge on any atom is 0.144 e. The quantitative estimate of drug-likeness (QED) is 0.437. The van der Waals surface area contributed by atoms with E-state index < -0.39 is 23.4 Å². The summed E-state index contributed by atoms with van der Waals surface area (Å²) < 4.78 is 5.39. The normalized spacial score (nSPS) is 42.9. The molecule has 3 saturated carbocycles. The van der Waals surface area contributed by atoms with E-state index in [2.05, 4.69) is 38.2 Å². The zero-order valence-corrected chi connectivity index (χ0v) is 19.8. The van der Waals surface area contributed by atoms with Gasteiger partial charge >= 0.3 is 0 Å². The Kier molecular flexibility index (Phi) is 6.33. The SMILES string of the molecule is C[C@H](/C=C/CC(C)(C)O)[C@H]1CC[C@H]2/C(=C\C=C3C[C@@H](O)C4(CO4)[C@H](O)C3)CCC[C@]12C. The van der Waals surface area contributed by atoms with E-state index >= 15 is 0 Å². The van der Waals surface area contributed by atoms with Crippen LogP contribution in [0.15, 0.2) is 35.5 Å². The van der Waals surface area contributed by atoms with E-state index in [0.29, 0.717) is 49.0 Å². The second kappa shape index (κ2) is 8.44. The van der Waals surface area contributed by atoms with Crippen molar-refractivity contribution >= 4 is 0 Å². The molecule has 4 fully saturated rings. The van der Waals surface area contributed by atoms with Crippen LogP contribution in [-0.2, 0) is 4.74 Å². The van der Waals surface area contributed by atoms with E-state index in [-0.39, 0.29) is 0 Å². The average Bonchev–Trinajstić information content (AvgIpc) is 3.40. The van der Waals surface area contributed by atoms with Gasteiger partial charge in [0.15, 0.2) is 0 Å². The summed E-state index contributed by atoms with van der Waals surface area (Å²) in [5.74, 6) is 1.83. The summed E-state index contributed by atoms with van der Waals surface area (Å²) in [5.41, 5.74) is 1.71. The summed E-state index contributed by atoms with van der Waals surface area (Å²) in [5, 5.41) is 30.8. The molecular weight excluding hydrogens is 388 g/mol. The second-order valence-electron chi connectivity index (χ2n) is 11.6. The Morgan fingerprint density at radius 1 is 1.16 bits per heavy atom. The van der Waals surface area contributed by atoms with Gasteiger partial charge in [-0.05, 0) is 88.4 Å². The predicted octanol–water partition coefficient (Wildman–Crippen LogP) is 4.69. The Balaban J connectivity index is 1.45. The highest BCUT2D eigenvalue weighted by molar-refractivity contribution is 5.28. The first-order valence-corrected chi connectivity index (χ1v) is 12.3. The van der Waals surface area contributed by atoms with Gasteiger partial charge in [0, 0.05) is 0 Å². The first-order valence-electron chi connectivity index (χ1n) is 12.3. The van der Waals surface area contributed by atoms with Crippen LogP contribution < -0.4 is 0 Å². The van der Waals surface area contributed by atoms with Gasteiger partial charge in [-0.25, -0.2) is 0 Å². The van der Waals surface area contributed by atoms with Crippen molar-refractivity contribution in [1.29, 1.82) is 0 Å². The molecule has 31 heavy (non-hydrogen) atoms. The fraction of sp³-hybridized carbons (Fsp3) is 0.778. The number of hydrogen-bond donors (Lipinski definition) is 3. The highest BCUT2D eigenvalue weighted by atomic mass is 16.6. The molecule has 6 atom stereocenters. The van der Waals surface area contributed by atoms with E-state index in [4.69, 9.17) is 4.74 Å².